The monoisotopic (exact) mass is 400 g/mol. The first-order chi connectivity index (χ1) is 13.5. The van der Waals surface area contributed by atoms with Crippen molar-refractivity contribution in [2.75, 3.05) is 18.2 Å². The zero-order valence-corrected chi connectivity index (χ0v) is 16.9. The summed E-state index contributed by atoms with van der Waals surface area (Å²) in [5.41, 5.74) is 1.38. The molecule has 0 saturated heterocycles. The van der Waals surface area contributed by atoms with Gasteiger partial charge in [-0.05, 0) is 49.1 Å². The van der Waals surface area contributed by atoms with Crippen LogP contribution in [0.15, 0.2) is 47.6 Å². The molecule has 0 spiro atoms. The summed E-state index contributed by atoms with van der Waals surface area (Å²) in [6.45, 7) is 1.73. The second-order valence-corrected chi connectivity index (χ2v) is 6.94. The Bertz CT molecular complexity index is 821. The summed E-state index contributed by atoms with van der Waals surface area (Å²) < 4.78 is 5.12. The fourth-order valence-electron chi connectivity index (χ4n) is 2.50. The Morgan fingerprint density at radius 3 is 2.54 bits per heavy atom. The van der Waals surface area contributed by atoms with Crippen molar-refractivity contribution in [1.82, 2.24) is 4.98 Å². The molecule has 2 rings (SSSR count). The summed E-state index contributed by atoms with van der Waals surface area (Å²) in [6, 6.07) is 9.81. The van der Waals surface area contributed by atoms with Gasteiger partial charge in [0.05, 0.1) is 5.56 Å². The van der Waals surface area contributed by atoms with Gasteiger partial charge in [0.1, 0.15) is 5.03 Å². The number of thioether (sulfide) groups is 1. The maximum atomic E-state index is 12.3. The molecule has 0 unspecified atom stereocenters. The number of hydrogen-bond donors (Lipinski definition) is 1. The maximum Gasteiger partial charge on any atom is 0.341 e. The van der Waals surface area contributed by atoms with E-state index >= 15 is 0 Å². The van der Waals surface area contributed by atoms with Gasteiger partial charge in [-0.15, -0.1) is 11.8 Å². The number of hydrogen-bond acceptors (Lipinski definition) is 6. The second-order valence-electron chi connectivity index (χ2n) is 6.14. The molecule has 1 aromatic carbocycles. The van der Waals surface area contributed by atoms with Crippen LogP contribution < -0.4 is 5.32 Å². The summed E-state index contributed by atoms with van der Waals surface area (Å²) >= 11 is 1.34. The normalized spacial score (nSPS) is 10.4. The van der Waals surface area contributed by atoms with Gasteiger partial charge in [0, 0.05) is 23.9 Å². The number of carbonyl (C=O) groups excluding carboxylic acids is 3. The quantitative estimate of drug-likeness (QED) is 0.276. The van der Waals surface area contributed by atoms with Crippen molar-refractivity contribution >= 4 is 35.1 Å². The van der Waals surface area contributed by atoms with Crippen LogP contribution in [0.3, 0.4) is 0 Å². The molecule has 1 heterocycles. The Morgan fingerprint density at radius 1 is 1.11 bits per heavy atom. The van der Waals surface area contributed by atoms with Crippen molar-refractivity contribution in [3.63, 3.8) is 0 Å². The Morgan fingerprint density at radius 2 is 1.86 bits per heavy atom. The molecule has 0 saturated carbocycles. The Hall–Kier alpha value is -2.67. The van der Waals surface area contributed by atoms with Crippen LogP contribution in [0.5, 0.6) is 0 Å². The standard InChI is InChI=1S/C21H24N2O4S/c1-3-4-5-8-19(25)23-16-11-9-15(10-12-16)18(24)14-27-21(26)17-7-6-13-22-20(17)28-2/h6-7,9-13H,3-5,8,14H2,1-2H3,(H,23,25). The smallest absolute Gasteiger partial charge is 0.341 e. The number of aromatic nitrogens is 1. The lowest BCUT2D eigenvalue weighted by molar-refractivity contribution is -0.116. The minimum atomic E-state index is -0.582. The Labute approximate surface area is 169 Å². The van der Waals surface area contributed by atoms with Crippen LogP contribution >= 0.6 is 11.8 Å². The highest BCUT2D eigenvalue weighted by atomic mass is 32.2. The third kappa shape index (κ3) is 6.49. The number of ether oxygens (including phenoxy) is 1. The van der Waals surface area contributed by atoms with Crippen molar-refractivity contribution in [3.05, 3.63) is 53.7 Å². The minimum absolute atomic E-state index is 0.0393. The van der Waals surface area contributed by atoms with Crippen LogP contribution in [-0.4, -0.2) is 35.5 Å². The molecular weight excluding hydrogens is 376 g/mol. The highest BCUT2D eigenvalue weighted by Crippen LogP contribution is 2.18. The second kappa shape index (κ2) is 11.2. The van der Waals surface area contributed by atoms with E-state index in [9.17, 15) is 14.4 Å². The SMILES string of the molecule is CCCCCC(=O)Nc1ccc(C(=O)COC(=O)c2cccnc2SC)cc1. The number of esters is 1. The molecule has 2 aromatic rings. The van der Waals surface area contributed by atoms with E-state index in [-0.39, 0.29) is 18.3 Å². The van der Waals surface area contributed by atoms with Crippen molar-refractivity contribution in [2.45, 2.75) is 37.6 Å². The zero-order chi connectivity index (χ0) is 20.4. The molecule has 148 valence electrons. The van der Waals surface area contributed by atoms with E-state index in [1.165, 1.54) is 11.8 Å². The summed E-state index contributed by atoms with van der Waals surface area (Å²) in [4.78, 5) is 40.4. The van der Waals surface area contributed by atoms with E-state index < -0.39 is 5.97 Å². The van der Waals surface area contributed by atoms with Gasteiger partial charge in [-0.1, -0.05) is 19.8 Å². The minimum Gasteiger partial charge on any atom is -0.454 e. The van der Waals surface area contributed by atoms with Crippen LogP contribution in [0.4, 0.5) is 5.69 Å². The van der Waals surface area contributed by atoms with Crippen LogP contribution in [0.1, 0.15) is 53.3 Å². The summed E-state index contributed by atoms with van der Waals surface area (Å²) in [5, 5.41) is 3.36. The Balaban J connectivity index is 1.87. The first kappa shape index (κ1) is 21.6. The lowest BCUT2D eigenvalue weighted by Crippen LogP contribution is -2.15. The lowest BCUT2D eigenvalue weighted by Gasteiger charge is -2.08. The first-order valence-electron chi connectivity index (χ1n) is 9.14. The van der Waals surface area contributed by atoms with Gasteiger partial charge in [0.25, 0.3) is 0 Å². The molecule has 7 heteroatoms. The van der Waals surface area contributed by atoms with Gasteiger partial charge < -0.3 is 10.1 Å². The summed E-state index contributed by atoms with van der Waals surface area (Å²) in [6.07, 6.45) is 6.84. The van der Waals surface area contributed by atoms with Crippen LogP contribution in [-0.2, 0) is 9.53 Å². The van der Waals surface area contributed by atoms with E-state index in [0.29, 0.717) is 28.3 Å². The fraction of sp³-hybridized carbons (Fsp3) is 0.333. The van der Waals surface area contributed by atoms with Crippen molar-refractivity contribution < 1.29 is 19.1 Å². The molecule has 0 fully saturated rings. The van der Waals surface area contributed by atoms with Gasteiger partial charge in [-0.3, -0.25) is 9.59 Å². The number of anilines is 1. The van der Waals surface area contributed by atoms with E-state index in [0.717, 1.165) is 19.3 Å². The number of Topliss-reactive ketones (excluding diaryl/α,β-unsaturated/α-hetero) is 1. The maximum absolute atomic E-state index is 12.3. The number of unbranched alkanes of at least 4 members (excludes halogenated alkanes) is 2. The van der Waals surface area contributed by atoms with Crippen LogP contribution in [0.25, 0.3) is 0 Å². The number of carbonyl (C=O) groups is 3. The summed E-state index contributed by atoms with van der Waals surface area (Å²) in [5.74, 6) is -0.937. The van der Waals surface area contributed by atoms with Crippen molar-refractivity contribution in [2.24, 2.45) is 0 Å². The first-order valence-corrected chi connectivity index (χ1v) is 10.4. The molecule has 6 nitrogen and oxygen atoms in total. The lowest BCUT2D eigenvalue weighted by atomic mass is 10.1. The topological polar surface area (TPSA) is 85.4 Å². The number of rotatable bonds is 10. The molecule has 28 heavy (non-hydrogen) atoms. The fourth-order valence-corrected chi connectivity index (χ4v) is 3.04. The van der Waals surface area contributed by atoms with Gasteiger partial charge in [-0.25, -0.2) is 9.78 Å². The Kier molecular flexibility index (Phi) is 8.68. The van der Waals surface area contributed by atoms with Crippen LogP contribution in [0.2, 0.25) is 0 Å². The van der Waals surface area contributed by atoms with Crippen molar-refractivity contribution in [1.29, 1.82) is 0 Å². The highest BCUT2D eigenvalue weighted by Gasteiger charge is 2.15. The van der Waals surface area contributed by atoms with E-state index in [1.807, 2.05) is 6.26 Å². The number of pyridine rings is 1. The predicted octanol–water partition coefficient (Wildman–Crippen LogP) is 4.36. The molecule has 0 atom stereocenters. The number of nitrogens with zero attached hydrogens (tertiary/aromatic N) is 1. The predicted molar refractivity (Wildman–Crippen MR) is 110 cm³/mol. The molecule has 0 aliphatic heterocycles. The van der Waals surface area contributed by atoms with Crippen molar-refractivity contribution in [3.8, 4) is 0 Å². The third-order valence-electron chi connectivity index (χ3n) is 4.02. The molecule has 0 bridgehead atoms. The molecule has 0 radical (unpaired) electrons. The summed E-state index contributed by atoms with van der Waals surface area (Å²) in [7, 11) is 0. The third-order valence-corrected chi connectivity index (χ3v) is 4.73. The molecule has 1 N–H and O–H groups in total. The molecule has 0 aliphatic rings. The van der Waals surface area contributed by atoms with Gasteiger partial charge >= 0.3 is 5.97 Å². The van der Waals surface area contributed by atoms with E-state index in [2.05, 4.69) is 17.2 Å². The van der Waals surface area contributed by atoms with E-state index in [1.54, 1.807) is 42.6 Å². The molecule has 1 aromatic heterocycles. The average Bonchev–Trinajstić information content (AvgIpc) is 2.72. The molecule has 1 amide bonds. The van der Waals surface area contributed by atoms with Gasteiger partial charge in [-0.2, -0.15) is 0 Å². The number of nitrogens with one attached hydrogen (secondary N) is 1. The number of amides is 1. The number of ketones is 1. The highest BCUT2D eigenvalue weighted by molar-refractivity contribution is 7.98. The zero-order valence-electron chi connectivity index (χ0n) is 16.1. The average molecular weight is 401 g/mol. The number of benzene rings is 1. The molecular formula is C21H24N2O4S. The van der Waals surface area contributed by atoms with E-state index in [4.69, 9.17) is 4.74 Å². The van der Waals surface area contributed by atoms with Gasteiger partial charge in [0.2, 0.25) is 5.91 Å². The largest absolute Gasteiger partial charge is 0.454 e. The van der Waals surface area contributed by atoms with Gasteiger partial charge in [0.15, 0.2) is 12.4 Å². The van der Waals surface area contributed by atoms with Crippen LogP contribution in [0, 0.1) is 0 Å². The molecule has 0 aliphatic carbocycles.